The van der Waals surface area contributed by atoms with Crippen LogP contribution in [0.5, 0.6) is 0 Å². The third kappa shape index (κ3) is 2.52. The molecule has 2 rings (SSSR count). The number of hydrogen-bond acceptors (Lipinski definition) is 2. The lowest BCUT2D eigenvalue weighted by atomic mass is 10.0. The van der Waals surface area contributed by atoms with Gasteiger partial charge in [0.1, 0.15) is 11.5 Å². The highest BCUT2D eigenvalue weighted by Gasteiger charge is 2.18. The maximum atomic E-state index is 5.85. The van der Waals surface area contributed by atoms with Gasteiger partial charge >= 0.3 is 0 Å². The van der Waals surface area contributed by atoms with E-state index in [1.54, 1.807) is 0 Å². The first-order chi connectivity index (χ1) is 8.67. The first-order valence-electron chi connectivity index (χ1n) is 6.18. The molecule has 0 saturated heterocycles. The van der Waals surface area contributed by atoms with E-state index in [0.29, 0.717) is 0 Å². The molecule has 18 heavy (non-hydrogen) atoms. The van der Waals surface area contributed by atoms with Crippen molar-refractivity contribution in [3.05, 3.63) is 57.5 Å². The van der Waals surface area contributed by atoms with E-state index in [-0.39, 0.29) is 6.04 Å². The topological polar surface area (TPSA) is 25.2 Å². The molecule has 0 bridgehead atoms. The van der Waals surface area contributed by atoms with Crippen molar-refractivity contribution in [1.82, 2.24) is 5.32 Å². The molecule has 1 heterocycles. The van der Waals surface area contributed by atoms with Gasteiger partial charge in [-0.25, -0.2) is 0 Å². The van der Waals surface area contributed by atoms with Gasteiger partial charge in [0.2, 0.25) is 0 Å². The zero-order valence-electron chi connectivity index (χ0n) is 11.0. The minimum atomic E-state index is 0.0829. The molecule has 0 aliphatic rings. The maximum absolute atomic E-state index is 5.85. The zero-order valence-corrected chi connectivity index (χ0v) is 12.5. The highest BCUT2D eigenvalue weighted by atomic mass is 79.9. The summed E-state index contributed by atoms with van der Waals surface area (Å²) in [6, 6.07) is 10.5. The fourth-order valence-electron chi connectivity index (χ4n) is 2.08. The van der Waals surface area contributed by atoms with Gasteiger partial charge in [-0.05, 0) is 37.2 Å². The molecule has 0 fully saturated rings. The Kier molecular flexibility index (Phi) is 4.25. The summed E-state index contributed by atoms with van der Waals surface area (Å²) in [6.45, 7) is 4.19. The molecular weight excluding hydrogens is 290 g/mol. The van der Waals surface area contributed by atoms with E-state index in [1.165, 1.54) is 11.1 Å². The first-order valence-corrected chi connectivity index (χ1v) is 6.97. The normalized spacial score (nSPS) is 12.7. The van der Waals surface area contributed by atoms with Crippen molar-refractivity contribution < 1.29 is 4.42 Å². The van der Waals surface area contributed by atoms with Crippen molar-refractivity contribution in [3.63, 3.8) is 0 Å². The number of hydrogen-bond donors (Lipinski definition) is 1. The monoisotopic (exact) mass is 307 g/mol. The van der Waals surface area contributed by atoms with Crippen LogP contribution in [0, 0.1) is 6.92 Å². The van der Waals surface area contributed by atoms with Crippen molar-refractivity contribution in [3.8, 4) is 0 Å². The van der Waals surface area contributed by atoms with Gasteiger partial charge in [-0.15, -0.1) is 0 Å². The third-order valence-electron chi connectivity index (χ3n) is 3.14. The Morgan fingerprint density at radius 1 is 1.28 bits per heavy atom. The van der Waals surface area contributed by atoms with Crippen molar-refractivity contribution in [2.75, 3.05) is 7.05 Å². The second-order valence-electron chi connectivity index (χ2n) is 4.36. The van der Waals surface area contributed by atoms with Crippen LogP contribution in [0.4, 0.5) is 0 Å². The van der Waals surface area contributed by atoms with Crippen LogP contribution in [0.15, 0.2) is 39.2 Å². The molecule has 1 unspecified atom stereocenters. The van der Waals surface area contributed by atoms with Crippen LogP contribution in [-0.2, 0) is 6.42 Å². The number of rotatable bonds is 4. The van der Waals surface area contributed by atoms with Crippen LogP contribution in [0.1, 0.15) is 35.6 Å². The van der Waals surface area contributed by atoms with Crippen molar-refractivity contribution in [2.45, 2.75) is 26.3 Å². The lowest BCUT2D eigenvalue weighted by molar-refractivity contribution is 0.433. The zero-order chi connectivity index (χ0) is 13.1. The third-order valence-corrected chi connectivity index (χ3v) is 4.22. The van der Waals surface area contributed by atoms with Crippen LogP contribution in [0.25, 0.3) is 0 Å². The predicted octanol–water partition coefficient (Wildman–Crippen LogP) is 4.22. The summed E-state index contributed by atoms with van der Waals surface area (Å²) >= 11 is 3.66. The van der Waals surface area contributed by atoms with Crippen molar-refractivity contribution >= 4 is 15.9 Å². The molecule has 0 radical (unpaired) electrons. The van der Waals surface area contributed by atoms with Crippen LogP contribution >= 0.6 is 15.9 Å². The van der Waals surface area contributed by atoms with Gasteiger partial charge < -0.3 is 9.73 Å². The van der Waals surface area contributed by atoms with E-state index in [9.17, 15) is 0 Å². The predicted molar refractivity (Wildman–Crippen MR) is 77.9 cm³/mol. The maximum Gasteiger partial charge on any atom is 0.125 e. The molecule has 0 saturated carbocycles. The largest absolute Gasteiger partial charge is 0.464 e. The van der Waals surface area contributed by atoms with Gasteiger partial charge in [0, 0.05) is 10.9 Å². The van der Waals surface area contributed by atoms with E-state index < -0.39 is 0 Å². The Labute approximate surface area is 117 Å². The average Bonchev–Trinajstić information content (AvgIpc) is 2.84. The summed E-state index contributed by atoms with van der Waals surface area (Å²) in [7, 11) is 1.95. The molecule has 0 aliphatic heterocycles. The Balaban J connectivity index is 2.41. The standard InChI is InChI=1S/C15H18BrNO/c1-4-11-8-9-13(18-11)15(17-3)12-7-5-6-10(2)14(12)16/h5-9,15,17H,4H2,1-3H3. The summed E-state index contributed by atoms with van der Waals surface area (Å²) in [5, 5.41) is 3.32. The Morgan fingerprint density at radius 2 is 2.06 bits per heavy atom. The Hall–Kier alpha value is -1.06. The van der Waals surface area contributed by atoms with E-state index in [0.717, 1.165) is 22.4 Å². The summed E-state index contributed by atoms with van der Waals surface area (Å²) in [5.41, 5.74) is 2.43. The lowest BCUT2D eigenvalue weighted by Gasteiger charge is -2.17. The van der Waals surface area contributed by atoms with E-state index in [1.807, 2.05) is 13.1 Å². The average molecular weight is 308 g/mol. The quantitative estimate of drug-likeness (QED) is 0.915. The van der Waals surface area contributed by atoms with E-state index in [4.69, 9.17) is 4.42 Å². The SMILES string of the molecule is CCc1ccc(C(NC)c2cccc(C)c2Br)o1. The second kappa shape index (κ2) is 5.72. The first kappa shape index (κ1) is 13.4. The minimum absolute atomic E-state index is 0.0829. The van der Waals surface area contributed by atoms with Crippen molar-refractivity contribution in [2.24, 2.45) is 0 Å². The van der Waals surface area contributed by atoms with E-state index in [2.05, 4.69) is 59.4 Å². The molecule has 1 aromatic carbocycles. The van der Waals surface area contributed by atoms with Gasteiger partial charge in [0.25, 0.3) is 0 Å². The van der Waals surface area contributed by atoms with Crippen molar-refractivity contribution in [1.29, 1.82) is 0 Å². The molecule has 2 aromatic rings. The highest BCUT2D eigenvalue weighted by molar-refractivity contribution is 9.10. The summed E-state index contributed by atoms with van der Waals surface area (Å²) in [5.74, 6) is 1.98. The summed E-state index contributed by atoms with van der Waals surface area (Å²) in [6.07, 6.45) is 0.922. The number of furan rings is 1. The molecule has 0 amide bonds. The summed E-state index contributed by atoms with van der Waals surface area (Å²) in [4.78, 5) is 0. The van der Waals surface area contributed by atoms with Crippen LogP contribution in [0.2, 0.25) is 0 Å². The van der Waals surface area contributed by atoms with Crippen LogP contribution in [-0.4, -0.2) is 7.05 Å². The van der Waals surface area contributed by atoms with Gasteiger partial charge in [0.15, 0.2) is 0 Å². The van der Waals surface area contributed by atoms with Gasteiger partial charge in [-0.1, -0.05) is 41.1 Å². The molecule has 0 spiro atoms. The smallest absolute Gasteiger partial charge is 0.125 e. The number of nitrogens with one attached hydrogen (secondary N) is 1. The van der Waals surface area contributed by atoms with Crippen LogP contribution in [0.3, 0.4) is 0 Å². The van der Waals surface area contributed by atoms with Gasteiger partial charge in [0.05, 0.1) is 6.04 Å². The summed E-state index contributed by atoms with van der Waals surface area (Å²) < 4.78 is 6.99. The molecule has 96 valence electrons. The number of halogens is 1. The molecule has 3 heteroatoms. The molecular formula is C15H18BrNO. The van der Waals surface area contributed by atoms with E-state index >= 15 is 0 Å². The second-order valence-corrected chi connectivity index (χ2v) is 5.15. The molecule has 1 atom stereocenters. The fraction of sp³-hybridized carbons (Fsp3) is 0.333. The number of aryl methyl sites for hydroxylation is 2. The highest BCUT2D eigenvalue weighted by Crippen LogP contribution is 2.31. The van der Waals surface area contributed by atoms with Crippen LogP contribution < -0.4 is 5.32 Å². The molecule has 1 N–H and O–H groups in total. The Bertz CT molecular complexity index is 533. The lowest BCUT2D eigenvalue weighted by Crippen LogP contribution is -2.17. The minimum Gasteiger partial charge on any atom is -0.464 e. The molecule has 0 aliphatic carbocycles. The molecule has 2 nitrogen and oxygen atoms in total. The van der Waals surface area contributed by atoms with Gasteiger partial charge in [-0.3, -0.25) is 0 Å². The molecule has 1 aromatic heterocycles. The number of benzene rings is 1. The Morgan fingerprint density at radius 3 is 2.67 bits per heavy atom. The fourth-order valence-corrected chi connectivity index (χ4v) is 2.58. The van der Waals surface area contributed by atoms with Gasteiger partial charge in [-0.2, -0.15) is 0 Å².